The van der Waals surface area contributed by atoms with E-state index in [0.717, 1.165) is 0 Å². The number of nitrogens with zero attached hydrogens (tertiary/aromatic N) is 2. The van der Waals surface area contributed by atoms with Gasteiger partial charge in [-0.25, -0.2) is 9.59 Å². The molecule has 0 aliphatic carbocycles. The molecule has 0 saturated carbocycles. The van der Waals surface area contributed by atoms with Crippen molar-refractivity contribution in [2.45, 2.75) is 0 Å². The summed E-state index contributed by atoms with van der Waals surface area (Å²) in [5.74, 6) is 0. The quantitative estimate of drug-likeness (QED) is 0.320. The fourth-order valence-electron chi connectivity index (χ4n) is 2.59. The number of anilines is 4. The first kappa shape index (κ1) is 21.7. The minimum atomic E-state index is -0.577. The molecule has 3 aromatic rings. The Morgan fingerprint density at radius 3 is 1.25 bits per heavy atom. The molecule has 3 rings (SSSR count). The van der Waals surface area contributed by atoms with E-state index in [2.05, 4.69) is 21.3 Å². The van der Waals surface area contributed by atoms with Crippen LogP contribution in [-0.4, -0.2) is 21.9 Å². The van der Waals surface area contributed by atoms with Gasteiger partial charge in [0.25, 0.3) is 11.4 Å². The van der Waals surface area contributed by atoms with Gasteiger partial charge in [0.05, 0.1) is 9.85 Å². The van der Waals surface area contributed by atoms with Crippen LogP contribution >= 0.6 is 0 Å². The van der Waals surface area contributed by atoms with Crippen LogP contribution in [0.5, 0.6) is 0 Å². The predicted octanol–water partition coefficient (Wildman–Crippen LogP) is 4.79. The van der Waals surface area contributed by atoms with E-state index < -0.39 is 21.9 Å². The SMILES string of the molecule is O=C(Nc1ccc([N+](=O)[O-])cc1)Nc1cccc(NC(=O)Nc2ccc([N+](=O)[O-])cc2)c1. The van der Waals surface area contributed by atoms with E-state index in [1.807, 2.05) is 0 Å². The fourth-order valence-corrected chi connectivity index (χ4v) is 2.59. The molecule has 4 amide bonds. The van der Waals surface area contributed by atoms with Crippen molar-refractivity contribution in [3.05, 3.63) is 93.0 Å². The van der Waals surface area contributed by atoms with Crippen molar-refractivity contribution < 1.29 is 19.4 Å². The molecule has 12 nitrogen and oxygen atoms in total. The topological polar surface area (TPSA) is 169 Å². The number of carbonyl (C=O) groups is 2. The lowest BCUT2D eigenvalue weighted by Gasteiger charge is -2.11. The molecule has 3 aromatic carbocycles. The number of benzene rings is 3. The fraction of sp³-hybridized carbons (Fsp3) is 0. The number of carbonyl (C=O) groups excluding carboxylic acids is 2. The minimum Gasteiger partial charge on any atom is -0.308 e. The first-order valence-corrected chi connectivity index (χ1v) is 9.05. The van der Waals surface area contributed by atoms with Crippen LogP contribution in [0.15, 0.2) is 72.8 Å². The number of nitro benzene ring substituents is 2. The van der Waals surface area contributed by atoms with Crippen molar-refractivity contribution in [3.8, 4) is 0 Å². The van der Waals surface area contributed by atoms with Gasteiger partial charge in [0.2, 0.25) is 0 Å². The summed E-state index contributed by atoms with van der Waals surface area (Å²) in [6, 6.07) is 15.9. The van der Waals surface area contributed by atoms with Crippen LogP contribution in [0.25, 0.3) is 0 Å². The van der Waals surface area contributed by atoms with E-state index in [1.54, 1.807) is 18.2 Å². The van der Waals surface area contributed by atoms with Gasteiger partial charge in [0, 0.05) is 47.0 Å². The highest BCUT2D eigenvalue weighted by Crippen LogP contribution is 2.19. The van der Waals surface area contributed by atoms with Crippen LogP contribution in [0.3, 0.4) is 0 Å². The van der Waals surface area contributed by atoms with E-state index in [1.165, 1.54) is 54.6 Å². The summed E-state index contributed by atoms with van der Waals surface area (Å²) in [6.07, 6.45) is 0. The van der Waals surface area contributed by atoms with Crippen LogP contribution < -0.4 is 21.3 Å². The van der Waals surface area contributed by atoms with Crippen molar-refractivity contribution >= 4 is 46.2 Å². The van der Waals surface area contributed by atoms with Crippen molar-refractivity contribution in [1.82, 2.24) is 0 Å². The molecular formula is C20H16N6O6. The van der Waals surface area contributed by atoms with Crippen LogP contribution in [0.1, 0.15) is 0 Å². The maximum atomic E-state index is 12.1. The third-order valence-electron chi connectivity index (χ3n) is 4.05. The van der Waals surface area contributed by atoms with Gasteiger partial charge in [-0.05, 0) is 42.5 Å². The van der Waals surface area contributed by atoms with E-state index >= 15 is 0 Å². The molecule has 0 radical (unpaired) electrons. The Hall–Kier alpha value is -5.00. The molecule has 0 atom stereocenters. The third-order valence-corrected chi connectivity index (χ3v) is 4.05. The monoisotopic (exact) mass is 436 g/mol. The lowest BCUT2D eigenvalue weighted by molar-refractivity contribution is -0.385. The van der Waals surface area contributed by atoms with Gasteiger partial charge < -0.3 is 21.3 Å². The Morgan fingerprint density at radius 2 is 0.906 bits per heavy atom. The average molecular weight is 436 g/mol. The first-order valence-electron chi connectivity index (χ1n) is 9.05. The minimum absolute atomic E-state index is 0.0956. The van der Waals surface area contributed by atoms with Crippen LogP contribution in [0.2, 0.25) is 0 Å². The predicted molar refractivity (Wildman–Crippen MR) is 118 cm³/mol. The Balaban J connectivity index is 1.56. The normalized spacial score (nSPS) is 10.0. The smallest absolute Gasteiger partial charge is 0.308 e. The Morgan fingerprint density at radius 1 is 0.562 bits per heavy atom. The van der Waals surface area contributed by atoms with Crippen LogP contribution in [0.4, 0.5) is 43.7 Å². The Kier molecular flexibility index (Phi) is 6.56. The van der Waals surface area contributed by atoms with Crippen LogP contribution in [0, 0.1) is 20.2 Å². The number of nitro groups is 2. The number of amides is 4. The van der Waals surface area contributed by atoms with Gasteiger partial charge >= 0.3 is 12.1 Å². The second-order valence-electron chi connectivity index (χ2n) is 6.35. The largest absolute Gasteiger partial charge is 0.323 e. The van der Waals surface area contributed by atoms with Crippen molar-refractivity contribution in [2.75, 3.05) is 21.3 Å². The van der Waals surface area contributed by atoms with E-state index in [9.17, 15) is 29.8 Å². The van der Waals surface area contributed by atoms with Gasteiger partial charge in [-0.2, -0.15) is 0 Å². The van der Waals surface area contributed by atoms with E-state index in [0.29, 0.717) is 22.7 Å². The summed E-state index contributed by atoms with van der Waals surface area (Å²) in [5.41, 5.74) is 1.31. The van der Waals surface area contributed by atoms with Gasteiger partial charge in [-0.15, -0.1) is 0 Å². The Labute approximate surface area is 180 Å². The molecule has 0 unspecified atom stereocenters. The second-order valence-corrected chi connectivity index (χ2v) is 6.35. The summed E-state index contributed by atoms with van der Waals surface area (Å²) in [7, 11) is 0. The van der Waals surface area contributed by atoms with Gasteiger partial charge in [-0.1, -0.05) is 6.07 Å². The number of non-ortho nitro benzene ring substituents is 2. The lowest BCUT2D eigenvalue weighted by Crippen LogP contribution is -2.21. The summed E-state index contributed by atoms with van der Waals surface area (Å²) >= 11 is 0. The average Bonchev–Trinajstić information content (AvgIpc) is 2.74. The number of hydrogen-bond donors (Lipinski definition) is 4. The van der Waals surface area contributed by atoms with E-state index in [4.69, 9.17) is 0 Å². The molecule has 0 spiro atoms. The molecule has 0 heterocycles. The number of rotatable bonds is 6. The summed E-state index contributed by atoms with van der Waals surface area (Å²) in [5, 5.41) is 31.6. The van der Waals surface area contributed by atoms with Crippen molar-refractivity contribution in [1.29, 1.82) is 0 Å². The summed E-state index contributed by atoms with van der Waals surface area (Å²) in [6.45, 7) is 0. The highest BCUT2D eigenvalue weighted by molar-refractivity contribution is 6.02. The van der Waals surface area contributed by atoms with Gasteiger partial charge in [0.15, 0.2) is 0 Å². The molecule has 0 saturated heterocycles. The standard InChI is InChI=1S/C20H16N6O6/c27-19(21-13-4-8-17(9-5-13)25(29)30)23-15-2-1-3-16(12-15)24-20(28)22-14-6-10-18(11-7-14)26(31)32/h1-12H,(H2,21,23,27)(H2,22,24,28). The van der Waals surface area contributed by atoms with Gasteiger partial charge in [0.1, 0.15) is 0 Å². The molecule has 0 fully saturated rings. The molecular weight excluding hydrogens is 420 g/mol. The molecule has 0 aliphatic heterocycles. The third kappa shape index (κ3) is 6.00. The molecule has 12 heteroatoms. The number of urea groups is 2. The van der Waals surface area contributed by atoms with Crippen molar-refractivity contribution in [3.63, 3.8) is 0 Å². The second kappa shape index (κ2) is 9.67. The zero-order chi connectivity index (χ0) is 23.1. The maximum Gasteiger partial charge on any atom is 0.323 e. The molecule has 0 bridgehead atoms. The highest BCUT2D eigenvalue weighted by Gasteiger charge is 2.09. The summed E-state index contributed by atoms with van der Waals surface area (Å²) in [4.78, 5) is 44.6. The van der Waals surface area contributed by atoms with Crippen LogP contribution in [-0.2, 0) is 0 Å². The molecule has 0 aromatic heterocycles. The molecule has 32 heavy (non-hydrogen) atoms. The zero-order valence-corrected chi connectivity index (χ0v) is 16.3. The van der Waals surface area contributed by atoms with E-state index in [-0.39, 0.29) is 11.4 Å². The Bertz CT molecular complexity index is 1080. The molecule has 4 N–H and O–H groups in total. The highest BCUT2D eigenvalue weighted by atomic mass is 16.6. The first-order chi connectivity index (χ1) is 15.3. The molecule has 0 aliphatic rings. The number of nitrogens with one attached hydrogen (secondary N) is 4. The summed E-state index contributed by atoms with van der Waals surface area (Å²) < 4.78 is 0. The lowest BCUT2D eigenvalue weighted by atomic mass is 10.2. The zero-order valence-electron chi connectivity index (χ0n) is 16.3. The molecule has 162 valence electrons. The maximum absolute atomic E-state index is 12.1. The van der Waals surface area contributed by atoms with Gasteiger partial charge in [-0.3, -0.25) is 20.2 Å². The van der Waals surface area contributed by atoms with Crippen molar-refractivity contribution in [2.24, 2.45) is 0 Å². The number of hydrogen-bond acceptors (Lipinski definition) is 6.